The van der Waals surface area contributed by atoms with E-state index in [9.17, 15) is 18.8 Å². The molecule has 0 spiro atoms. The maximum atomic E-state index is 15.3. The average molecular weight is 660 g/mol. The Kier molecular flexibility index (Phi) is 9.78. The van der Waals surface area contributed by atoms with Crippen LogP contribution in [-0.2, 0) is 13.0 Å². The van der Waals surface area contributed by atoms with E-state index in [-0.39, 0.29) is 22.7 Å². The molecule has 13 heteroatoms. The van der Waals surface area contributed by atoms with Crippen molar-refractivity contribution in [2.75, 3.05) is 38.5 Å². The SMILES string of the molecule is CC(C)n1cc(C(=O)Nc2ccc(Oc3ncnc4c3CCN(CCC3CCN(C)CC3)C4)c(F)c2)c(=O)n(-c2ccc(F)cc2)c1=O. The number of piperidine rings is 1. The molecule has 6 rings (SSSR count). The van der Waals surface area contributed by atoms with Gasteiger partial charge in [-0.2, -0.15) is 0 Å². The van der Waals surface area contributed by atoms with E-state index in [1.54, 1.807) is 13.8 Å². The minimum Gasteiger partial charge on any atom is -0.436 e. The second kappa shape index (κ2) is 14.2. The van der Waals surface area contributed by atoms with Crippen LogP contribution >= 0.6 is 0 Å². The fourth-order valence-corrected chi connectivity index (χ4v) is 6.25. The zero-order chi connectivity index (χ0) is 33.9. The summed E-state index contributed by atoms with van der Waals surface area (Å²) in [5.41, 5.74) is -0.0229. The first-order valence-corrected chi connectivity index (χ1v) is 16.2. The van der Waals surface area contributed by atoms with Crippen molar-refractivity contribution >= 4 is 11.6 Å². The maximum absolute atomic E-state index is 15.3. The molecule has 1 N–H and O–H groups in total. The van der Waals surface area contributed by atoms with Gasteiger partial charge in [0, 0.05) is 42.6 Å². The lowest BCUT2D eigenvalue weighted by Gasteiger charge is -2.32. The van der Waals surface area contributed by atoms with Crippen LogP contribution in [0.1, 0.15) is 60.8 Å². The molecular formula is C35H39F2N7O4. The third kappa shape index (κ3) is 7.21. The number of ether oxygens (including phenoxy) is 1. The number of hydrogen-bond acceptors (Lipinski definition) is 8. The lowest BCUT2D eigenvalue weighted by Crippen LogP contribution is -2.42. The van der Waals surface area contributed by atoms with Gasteiger partial charge in [0.05, 0.1) is 11.4 Å². The van der Waals surface area contributed by atoms with Crippen molar-refractivity contribution in [1.29, 1.82) is 0 Å². The lowest BCUT2D eigenvalue weighted by atomic mass is 9.93. The summed E-state index contributed by atoms with van der Waals surface area (Å²) in [5, 5.41) is 2.54. The fraction of sp³-hybridized carbons (Fsp3) is 0.400. The molecule has 11 nitrogen and oxygen atoms in total. The van der Waals surface area contributed by atoms with Crippen molar-refractivity contribution < 1.29 is 18.3 Å². The van der Waals surface area contributed by atoms with E-state index >= 15 is 4.39 Å². The van der Waals surface area contributed by atoms with Gasteiger partial charge in [0.15, 0.2) is 11.6 Å². The Morgan fingerprint density at radius 3 is 2.50 bits per heavy atom. The molecule has 1 fully saturated rings. The molecule has 2 aromatic carbocycles. The van der Waals surface area contributed by atoms with Gasteiger partial charge in [0.25, 0.3) is 11.5 Å². The van der Waals surface area contributed by atoms with Gasteiger partial charge >= 0.3 is 5.69 Å². The summed E-state index contributed by atoms with van der Waals surface area (Å²) in [7, 11) is 2.17. The predicted molar refractivity (Wildman–Crippen MR) is 177 cm³/mol. The first kappa shape index (κ1) is 33.2. The molecule has 1 saturated heterocycles. The Bertz CT molecular complexity index is 1920. The Labute approximate surface area is 276 Å². The highest BCUT2D eigenvalue weighted by Gasteiger charge is 2.25. The largest absolute Gasteiger partial charge is 0.436 e. The average Bonchev–Trinajstić information content (AvgIpc) is 3.06. The highest BCUT2D eigenvalue weighted by atomic mass is 19.1. The number of nitrogens with zero attached hydrogens (tertiary/aromatic N) is 6. The first-order valence-electron chi connectivity index (χ1n) is 16.2. The number of likely N-dealkylation sites (tertiary alicyclic amines) is 1. The normalized spacial score (nSPS) is 15.8. The standard InChI is InChI=1S/C35H39F2N7O4/c1-22(2)43-19-28(34(46)44(35(43)47)26-7-4-24(36)5-8-26)32(45)40-25-6-9-31(29(37)18-25)48-33-27-13-17-42(20-30(27)38-21-39-33)16-12-23-10-14-41(3)15-11-23/h4-9,18-19,21-23H,10-17,20H2,1-3H3,(H,40,45). The van der Waals surface area contributed by atoms with Crippen molar-refractivity contribution in [1.82, 2.24) is 28.9 Å². The minimum absolute atomic E-state index is 0.0739. The van der Waals surface area contributed by atoms with Crippen LogP contribution in [0, 0.1) is 17.6 Å². The van der Waals surface area contributed by atoms with Crippen LogP contribution < -0.4 is 21.3 Å². The van der Waals surface area contributed by atoms with Crippen LogP contribution in [0.15, 0.2) is 64.6 Å². The predicted octanol–water partition coefficient (Wildman–Crippen LogP) is 4.78. The number of nitrogens with one attached hydrogen (secondary N) is 1. The summed E-state index contributed by atoms with van der Waals surface area (Å²) < 4.78 is 36.8. The maximum Gasteiger partial charge on any atom is 0.335 e. The smallest absolute Gasteiger partial charge is 0.335 e. The molecule has 0 aliphatic carbocycles. The van der Waals surface area contributed by atoms with Gasteiger partial charge in [0.2, 0.25) is 5.88 Å². The van der Waals surface area contributed by atoms with Gasteiger partial charge < -0.3 is 15.0 Å². The fourth-order valence-electron chi connectivity index (χ4n) is 6.25. The number of aromatic nitrogens is 4. The van der Waals surface area contributed by atoms with Crippen LogP contribution in [0.5, 0.6) is 11.6 Å². The van der Waals surface area contributed by atoms with Crippen molar-refractivity contribution in [2.45, 2.75) is 52.1 Å². The molecule has 0 saturated carbocycles. The van der Waals surface area contributed by atoms with Crippen LogP contribution in [-0.4, -0.2) is 68.0 Å². The van der Waals surface area contributed by atoms with Crippen LogP contribution in [0.2, 0.25) is 0 Å². The molecule has 2 aliphatic rings. The van der Waals surface area contributed by atoms with E-state index < -0.39 is 34.8 Å². The molecule has 0 atom stereocenters. The number of anilines is 1. The zero-order valence-corrected chi connectivity index (χ0v) is 27.3. The third-order valence-corrected chi connectivity index (χ3v) is 9.13. The number of carbonyl (C=O) groups excluding carboxylic acids is 1. The molecule has 0 unspecified atom stereocenters. The summed E-state index contributed by atoms with van der Waals surface area (Å²) in [6.07, 6.45) is 6.92. The van der Waals surface area contributed by atoms with Crippen molar-refractivity contribution in [3.8, 4) is 17.3 Å². The van der Waals surface area contributed by atoms with Crippen LogP contribution in [0.4, 0.5) is 14.5 Å². The second-order valence-corrected chi connectivity index (χ2v) is 12.8. The van der Waals surface area contributed by atoms with Gasteiger partial charge in [-0.25, -0.2) is 28.1 Å². The van der Waals surface area contributed by atoms with E-state index in [0.717, 1.165) is 72.5 Å². The van der Waals surface area contributed by atoms with Crippen molar-refractivity contribution in [3.63, 3.8) is 0 Å². The molecule has 1 amide bonds. The van der Waals surface area contributed by atoms with Gasteiger partial charge in [0.1, 0.15) is 17.7 Å². The summed E-state index contributed by atoms with van der Waals surface area (Å²) >= 11 is 0. The molecule has 252 valence electrons. The van der Waals surface area contributed by atoms with Gasteiger partial charge in [-0.15, -0.1) is 0 Å². The number of rotatable bonds is 9. The van der Waals surface area contributed by atoms with Gasteiger partial charge in [-0.05, 0) is 109 Å². The van der Waals surface area contributed by atoms with E-state index in [2.05, 4.69) is 32.1 Å². The highest BCUT2D eigenvalue weighted by Crippen LogP contribution is 2.31. The van der Waals surface area contributed by atoms with E-state index in [1.165, 1.54) is 54.2 Å². The number of hydrogen-bond donors (Lipinski definition) is 1. The number of carbonyl (C=O) groups is 1. The Morgan fingerprint density at radius 1 is 1.04 bits per heavy atom. The van der Waals surface area contributed by atoms with Crippen molar-refractivity contribution in [2.24, 2.45) is 5.92 Å². The summed E-state index contributed by atoms with van der Waals surface area (Å²) in [5.74, 6) is -1.17. The molecule has 48 heavy (non-hydrogen) atoms. The third-order valence-electron chi connectivity index (χ3n) is 9.13. The van der Waals surface area contributed by atoms with Gasteiger partial charge in [-0.1, -0.05) is 0 Å². The van der Waals surface area contributed by atoms with Crippen molar-refractivity contribution in [3.05, 3.63) is 104 Å². The minimum atomic E-state index is -0.893. The summed E-state index contributed by atoms with van der Waals surface area (Å²) in [6, 6.07) is 8.30. The number of halogens is 2. The monoisotopic (exact) mass is 659 g/mol. The Morgan fingerprint density at radius 2 is 1.79 bits per heavy atom. The second-order valence-electron chi connectivity index (χ2n) is 12.8. The van der Waals surface area contributed by atoms with Gasteiger partial charge in [-0.3, -0.25) is 19.1 Å². The van der Waals surface area contributed by atoms with E-state index in [0.29, 0.717) is 18.8 Å². The Balaban J connectivity index is 1.15. The Hall–Kier alpha value is -4.75. The molecule has 2 aromatic heterocycles. The molecule has 4 aromatic rings. The number of amides is 1. The molecular weight excluding hydrogens is 620 g/mol. The quantitative estimate of drug-likeness (QED) is 0.273. The number of benzene rings is 2. The summed E-state index contributed by atoms with van der Waals surface area (Å²) in [6.45, 7) is 8.27. The molecule has 2 aliphatic heterocycles. The van der Waals surface area contributed by atoms with E-state index in [4.69, 9.17) is 4.74 Å². The topological polar surface area (TPSA) is 115 Å². The lowest BCUT2D eigenvalue weighted by molar-refractivity contribution is 0.102. The molecule has 4 heterocycles. The first-order chi connectivity index (χ1) is 23.1. The van der Waals surface area contributed by atoms with Crippen LogP contribution in [0.25, 0.3) is 5.69 Å². The summed E-state index contributed by atoms with van der Waals surface area (Å²) in [4.78, 5) is 53.3. The molecule has 0 bridgehead atoms. The number of fused-ring (bicyclic) bond motifs is 1. The van der Waals surface area contributed by atoms with Crippen LogP contribution in [0.3, 0.4) is 0 Å². The van der Waals surface area contributed by atoms with E-state index in [1.807, 2.05) is 0 Å². The highest BCUT2D eigenvalue weighted by molar-refractivity contribution is 6.03. The molecule has 0 radical (unpaired) electrons. The zero-order valence-electron chi connectivity index (χ0n) is 27.3.